The standard InChI is InChI=1S/C32H23Cl2N5O5/c33-22-5-3-6-23(34)28(22)39-26-7-2-1-4-18(26)15-27(39)29(40)36-25(31(42)43)14-17-8-11-20(12-9-17)38-30(41)21-16-19(35)10-13-24(21)37-32(38)44/h1-13,15-16,25H,14,35H2,(H,36,40)(H,37,44)(H,42,43)/t25-/m0/s1. The number of aromatic nitrogens is 3. The number of benzene rings is 4. The number of carboxylic acid groups (broad SMARTS) is 1. The number of carboxylic acids is 1. The summed E-state index contributed by atoms with van der Waals surface area (Å²) in [5.74, 6) is -1.89. The van der Waals surface area contributed by atoms with E-state index in [9.17, 15) is 24.3 Å². The normalized spacial score (nSPS) is 12.0. The zero-order valence-corrected chi connectivity index (χ0v) is 24.3. The summed E-state index contributed by atoms with van der Waals surface area (Å²) in [5.41, 5.74) is 7.41. The van der Waals surface area contributed by atoms with Crippen molar-refractivity contribution in [2.75, 3.05) is 5.73 Å². The Bertz CT molecular complexity index is 2200. The minimum absolute atomic E-state index is 0.0755. The van der Waals surface area contributed by atoms with E-state index >= 15 is 0 Å². The van der Waals surface area contributed by atoms with Crippen LogP contribution < -0.4 is 22.3 Å². The van der Waals surface area contributed by atoms with Crippen LogP contribution in [0.4, 0.5) is 5.69 Å². The summed E-state index contributed by atoms with van der Waals surface area (Å²) < 4.78 is 2.58. The fraction of sp³-hybridized carbons (Fsp3) is 0.0625. The van der Waals surface area contributed by atoms with Crippen molar-refractivity contribution in [3.8, 4) is 11.4 Å². The molecule has 44 heavy (non-hydrogen) atoms. The van der Waals surface area contributed by atoms with Gasteiger partial charge in [0.15, 0.2) is 0 Å². The molecule has 0 unspecified atom stereocenters. The summed E-state index contributed by atoms with van der Waals surface area (Å²) >= 11 is 13.0. The first-order chi connectivity index (χ1) is 21.1. The van der Waals surface area contributed by atoms with Gasteiger partial charge in [0.2, 0.25) is 0 Å². The zero-order chi connectivity index (χ0) is 31.1. The number of hydrogen-bond donors (Lipinski definition) is 4. The molecule has 0 aliphatic carbocycles. The van der Waals surface area contributed by atoms with E-state index in [-0.39, 0.29) is 23.2 Å². The first-order valence-electron chi connectivity index (χ1n) is 13.3. The van der Waals surface area contributed by atoms with Gasteiger partial charge in [0, 0.05) is 17.5 Å². The molecule has 6 aromatic rings. The number of aliphatic carboxylic acids is 1. The summed E-state index contributed by atoms with van der Waals surface area (Å²) in [7, 11) is 0. The molecule has 1 amide bonds. The fourth-order valence-electron chi connectivity index (χ4n) is 5.18. The Kier molecular flexibility index (Phi) is 7.46. The van der Waals surface area contributed by atoms with Gasteiger partial charge in [-0.1, -0.05) is 59.6 Å². The molecule has 2 aromatic heterocycles. The number of H-pyrrole nitrogens is 1. The summed E-state index contributed by atoms with van der Waals surface area (Å²) in [6, 6.07) is 23.5. The third-order valence-corrected chi connectivity index (χ3v) is 7.87. The predicted octanol–water partition coefficient (Wildman–Crippen LogP) is 4.94. The number of carbonyl (C=O) groups excluding carboxylic acids is 1. The number of fused-ring (bicyclic) bond motifs is 2. The Labute approximate surface area is 258 Å². The highest BCUT2D eigenvalue weighted by molar-refractivity contribution is 6.38. The lowest BCUT2D eigenvalue weighted by Crippen LogP contribution is -2.43. The number of halogens is 2. The van der Waals surface area contributed by atoms with Gasteiger partial charge in [-0.05, 0) is 60.2 Å². The van der Waals surface area contributed by atoms with Crippen LogP contribution in [0.5, 0.6) is 0 Å². The van der Waals surface area contributed by atoms with Crippen LogP contribution >= 0.6 is 23.2 Å². The first-order valence-corrected chi connectivity index (χ1v) is 14.1. The molecule has 12 heteroatoms. The molecule has 0 bridgehead atoms. The van der Waals surface area contributed by atoms with Crippen LogP contribution in [-0.2, 0) is 11.2 Å². The van der Waals surface area contributed by atoms with Gasteiger partial charge < -0.3 is 25.7 Å². The highest BCUT2D eigenvalue weighted by Gasteiger charge is 2.26. The van der Waals surface area contributed by atoms with E-state index < -0.39 is 29.2 Å². The number of nitrogens with one attached hydrogen (secondary N) is 2. The Morgan fingerprint density at radius 2 is 1.59 bits per heavy atom. The number of nitrogens with two attached hydrogens (primary N) is 1. The van der Waals surface area contributed by atoms with Crippen molar-refractivity contribution in [1.29, 1.82) is 0 Å². The van der Waals surface area contributed by atoms with E-state index in [1.807, 2.05) is 24.3 Å². The number of carbonyl (C=O) groups is 2. The molecule has 0 radical (unpaired) electrons. The second kappa shape index (κ2) is 11.4. The number of para-hydroxylation sites is 2. The van der Waals surface area contributed by atoms with Crippen LogP contribution in [-0.4, -0.2) is 37.1 Å². The number of rotatable bonds is 7. The summed E-state index contributed by atoms with van der Waals surface area (Å²) in [6.07, 6.45) is -0.0755. The summed E-state index contributed by atoms with van der Waals surface area (Å²) in [5, 5.41) is 14.2. The van der Waals surface area contributed by atoms with Crippen LogP contribution in [0.2, 0.25) is 10.0 Å². The van der Waals surface area contributed by atoms with Gasteiger partial charge in [0.25, 0.3) is 11.5 Å². The van der Waals surface area contributed by atoms with Crippen LogP contribution in [0.3, 0.4) is 0 Å². The molecule has 6 rings (SSSR count). The molecule has 4 aromatic carbocycles. The van der Waals surface area contributed by atoms with Gasteiger partial charge >= 0.3 is 11.7 Å². The predicted molar refractivity (Wildman–Crippen MR) is 170 cm³/mol. The largest absolute Gasteiger partial charge is 0.480 e. The minimum atomic E-state index is -1.31. The molecule has 0 spiro atoms. The number of nitrogens with zero attached hydrogens (tertiary/aromatic N) is 2. The Morgan fingerprint density at radius 1 is 0.886 bits per heavy atom. The highest BCUT2D eigenvalue weighted by atomic mass is 35.5. The number of anilines is 1. The van der Waals surface area contributed by atoms with Crippen molar-refractivity contribution in [3.05, 3.63) is 133 Å². The molecular formula is C32H23Cl2N5O5. The van der Waals surface area contributed by atoms with Crippen molar-refractivity contribution in [2.45, 2.75) is 12.5 Å². The minimum Gasteiger partial charge on any atom is -0.480 e. The van der Waals surface area contributed by atoms with Gasteiger partial charge in [0.1, 0.15) is 11.7 Å². The highest BCUT2D eigenvalue weighted by Crippen LogP contribution is 2.34. The molecule has 5 N–H and O–H groups in total. The van der Waals surface area contributed by atoms with Crippen molar-refractivity contribution in [2.24, 2.45) is 0 Å². The number of aromatic amines is 1. The number of amides is 1. The topological polar surface area (TPSA) is 152 Å². The maximum absolute atomic E-state index is 13.6. The second-order valence-corrected chi connectivity index (χ2v) is 10.9. The van der Waals surface area contributed by atoms with Crippen molar-refractivity contribution in [3.63, 3.8) is 0 Å². The smallest absolute Gasteiger partial charge is 0.333 e. The van der Waals surface area contributed by atoms with Gasteiger partial charge in [0.05, 0.1) is 37.8 Å². The first kappa shape index (κ1) is 28.8. The van der Waals surface area contributed by atoms with Gasteiger partial charge in [-0.3, -0.25) is 9.59 Å². The molecule has 0 aliphatic heterocycles. The molecule has 0 aliphatic rings. The van der Waals surface area contributed by atoms with Gasteiger partial charge in [-0.2, -0.15) is 0 Å². The maximum atomic E-state index is 13.6. The second-order valence-electron chi connectivity index (χ2n) is 10.1. The SMILES string of the molecule is Nc1ccc2[nH]c(=O)n(-c3ccc(C[C@H](NC(=O)c4cc5ccccc5n4-c4c(Cl)cccc4Cl)C(=O)O)cc3)c(=O)c2c1. The third kappa shape index (κ3) is 5.21. The van der Waals surface area contributed by atoms with Crippen LogP contribution in [0.25, 0.3) is 33.2 Å². The molecule has 1 atom stereocenters. The van der Waals surface area contributed by atoms with E-state index in [4.69, 9.17) is 28.9 Å². The van der Waals surface area contributed by atoms with Crippen LogP contribution in [0.1, 0.15) is 16.1 Å². The lowest BCUT2D eigenvalue weighted by Gasteiger charge is -2.18. The number of hydrogen-bond acceptors (Lipinski definition) is 5. The molecule has 0 fully saturated rings. The van der Waals surface area contributed by atoms with Gasteiger partial charge in [-0.25, -0.2) is 14.2 Å². The van der Waals surface area contributed by atoms with E-state index in [0.717, 1.165) is 9.95 Å². The average Bonchev–Trinajstić information content (AvgIpc) is 3.37. The maximum Gasteiger partial charge on any atom is 0.333 e. The molecule has 0 saturated heterocycles. The molecule has 2 heterocycles. The monoisotopic (exact) mass is 627 g/mol. The lowest BCUT2D eigenvalue weighted by molar-refractivity contribution is -0.139. The lowest BCUT2D eigenvalue weighted by atomic mass is 10.1. The van der Waals surface area contributed by atoms with E-state index in [0.29, 0.717) is 38.0 Å². The van der Waals surface area contributed by atoms with Gasteiger partial charge in [-0.15, -0.1) is 0 Å². The Morgan fingerprint density at radius 3 is 2.30 bits per heavy atom. The van der Waals surface area contributed by atoms with Crippen LogP contribution in [0.15, 0.2) is 101 Å². The van der Waals surface area contributed by atoms with E-state index in [2.05, 4.69) is 10.3 Å². The van der Waals surface area contributed by atoms with E-state index in [1.54, 1.807) is 53.1 Å². The molecule has 0 saturated carbocycles. The van der Waals surface area contributed by atoms with Crippen molar-refractivity contribution < 1.29 is 14.7 Å². The molecular weight excluding hydrogens is 605 g/mol. The summed E-state index contributed by atoms with van der Waals surface area (Å²) in [4.78, 5) is 54.4. The van der Waals surface area contributed by atoms with Crippen molar-refractivity contribution in [1.82, 2.24) is 19.4 Å². The van der Waals surface area contributed by atoms with Crippen LogP contribution in [0, 0.1) is 0 Å². The Balaban J connectivity index is 1.30. The molecule has 220 valence electrons. The number of nitrogen functional groups attached to an aromatic ring is 1. The molecule has 10 nitrogen and oxygen atoms in total. The fourth-order valence-corrected chi connectivity index (χ4v) is 5.75. The Hall–Kier alpha value is -5.32. The zero-order valence-electron chi connectivity index (χ0n) is 22.8. The quantitative estimate of drug-likeness (QED) is 0.184. The third-order valence-electron chi connectivity index (χ3n) is 7.26. The summed E-state index contributed by atoms with van der Waals surface area (Å²) in [6.45, 7) is 0. The van der Waals surface area contributed by atoms with E-state index in [1.165, 1.54) is 18.2 Å². The van der Waals surface area contributed by atoms with Crippen molar-refractivity contribution >= 4 is 62.6 Å². The average molecular weight is 628 g/mol.